The molecule has 1 aliphatic rings. The van der Waals surface area contributed by atoms with Crippen molar-refractivity contribution in [3.8, 4) is 0 Å². The van der Waals surface area contributed by atoms with Gasteiger partial charge in [-0.2, -0.15) is 0 Å². The molecule has 1 heterocycles. The van der Waals surface area contributed by atoms with E-state index in [2.05, 4.69) is 0 Å². The van der Waals surface area contributed by atoms with E-state index in [4.69, 9.17) is 0 Å². The SMILES string of the molecule is CC(C)(C)C(=O)[C@@H]1CC(F)(F)CN1C(C)(C)C. The molecule has 0 aliphatic carbocycles. The number of Topliss-reactive ketones (excluding diaryl/α,β-unsaturated/α-hetero) is 1. The average Bonchev–Trinajstić information content (AvgIpc) is 2.37. The van der Waals surface area contributed by atoms with E-state index in [0.717, 1.165) is 0 Å². The van der Waals surface area contributed by atoms with Gasteiger partial charge in [0.25, 0.3) is 5.92 Å². The van der Waals surface area contributed by atoms with E-state index in [1.54, 1.807) is 25.7 Å². The number of nitrogens with zero attached hydrogens (tertiary/aromatic N) is 1. The van der Waals surface area contributed by atoms with Gasteiger partial charge in [0.1, 0.15) is 0 Å². The van der Waals surface area contributed by atoms with Gasteiger partial charge in [0.05, 0.1) is 12.6 Å². The van der Waals surface area contributed by atoms with E-state index in [-0.39, 0.29) is 18.7 Å². The molecule has 0 aromatic rings. The molecule has 1 rings (SSSR count). The van der Waals surface area contributed by atoms with Crippen molar-refractivity contribution in [3.05, 3.63) is 0 Å². The Morgan fingerprint density at radius 3 is 2.00 bits per heavy atom. The zero-order chi connectivity index (χ0) is 13.6. The number of rotatable bonds is 1. The maximum atomic E-state index is 13.5. The van der Waals surface area contributed by atoms with Crippen molar-refractivity contribution in [1.29, 1.82) is 0 Å². The Balaban J connectivity index is 3.01. The van der Waals surface area contributed by atoms with Crippen LogP contribution in [0.2, 0.25) is 0 Å². The van der Waals surface area contributed by atoms with Gasteiger partial charge in [-0.3, -0.25) is 9.69 Å². The highest BCUT2D eigenvalue weighted by Crippen LogP contribution is 2.39. The molecule has 1 aliphatic heterocycles. The first-order chi connectivity index (χ1) is 7.34. The van der Waals surface area contributed by atoms with Crippen molar-refractivity contribution < 1.29 is 13.6 Å². The van der Waals surface area contributed by atoms with Gasteiger partial charge in [0.15, 0.2) is 5.78 Å². The van der Waals surface area contributed by atoms with Crippen LogP contribution in [0.1, 0.15) is 48.0 Å². The van der Waals surface area contributed by atoms with Crippen LogP contribution in [0.5, 0.6) is 0 Å². The van der Waals surface area contributed by atoms with E-state index in [1.807, 2.05) is 20.8 Å². The fourth-order valence-electron chi connectivity index (χ4n) is 2.26. The summed E-state index contributed by atoms with van der Waals surface area (Å²) < 4.78 is 27.1. The Bertz CT molecular complexity index is 312. The van der Waals surface area contributed by atoms with E-state index in [0.29, 0.717) is 0 Å². The Labute approximate surface area is 102 Å². The first kappa shape index (κ1) is 14.6. The van der Waals surface area contributed by atoms with E-state index < -0.39 is 22.9 Å². The number of alkyl halides is 2. The quantitative estimate of drug-likeness (QED) is 0.709. The third kappa shape index (κ3) is 3.24. The summed E-state index contributed by atoms with van der Waals surface area (Å²) in [4.78, 5) is 13.9. The molecule has 2 nitrogen and oxygen atoms in total. The Kier molecular flexibility index (Phi) is 3.43. The van der Waals surface area contributed by atoms with Crippen molar-refractivity contribution in [2.24, 2.45) is 5.41 Å². The van der Waals surface area contributed by atoms with Crippen LogP contribution in [0.4, 0.5) is 8.78 Å². The lowest BCUT2D eigenvalue weighted by Crippen LogP contribution is -2.50. The zero-order valence-electron chi connectivity index (χ0n) is 11.6. The molecule has 0 saturated carbocycles. The van der Waals surface area contributed by atoms with Crippen molar-refractivity contribution in [2.75, 3.05) is 6.54 Å². The van der Waals surface area contributed by atoms with Gasteiger partial charge in [0.2, 0.25) is 0 Å². The Morgan fingerprint density at radius 2 is 1.65 bits per heavy atom. The maximum absolute atomic E-state index is 13.5. The number of ketones is 1. The highest BCUT2D eigenvalue weighted by Gasteiger charge is 2.52. The standard InChI is InChI=1S/C13H23F2NO/c1-11(2,3)10(17)9-7-13(14,15)8-16(9)12(4,5)6/h9H,7-8H2,1-6H3/t9-/m0/s1. The second-order valence-corrected chi connectivity index (χ2v) is 6.99. The third-order valence-electron chi connectivity index (χ3n) is 3.17. The van der Waals surface area contributed by atoms with Crippen LogP contribution in [0.25, 0.3) is 0 Å². The normalized spacial score (nSPS) is 26.2. The molecule has 4 heteroatoms. The summed E-state index contributed by atoms with van der Waals surface area (Å²) in [5.74, 6) is -2.84. The Hall–Kier alpha value is -0.510. The van der Waals surface area contributed by atoms with Crippen LogP contribution < -0.4 is 0 Å². The van der Waals surface area contributed by atoms with E-state index in [1.165, 1.54) is 0 Å². The van der Waals surface area contributed by atoms with Crippen molar-refractivity contribution in [3.63, 3.8) is 0 Å². The third-order valence-corrected chi connectivity index (χ3v) is 3.17. The zero-order valence-corrected chi connectivity index (χ0v) is 11.6. The number of halogens is 2. The van der Waals surface area contributed by atoms with Crippen molar-refractivity contribution in [2.45, 2.75) is 65.5 Å². The summed E-state index contributed by atoms with van der Waals surface area (Å²) >= 11 is 0. The minimum Gasteiger partial charge on any atom is -0.297 e. The first-order valence-electron chi connectivity index (χ1n) is 6.03. The molecule has 1 saturated heterocycles. The highest BCUT2D eigenvalue weighted by atomic mass is 19.3. The monoisotopic (exact) mass is 247 g/mol. The fourth-order valence-corrected chi connectivity index (χ4v) is 2.26. The van der Waals surface area contributed by atoms with Gasteiger partial charge in [0, 0.05) is 17.4 Å². The van der Waals surface area contributed by atoms with Gasteiger partial charge in [-0.15, -0.1) is 0 Å². The summed E-state index contributed by atoms with van der Waals surface area (Å²) in [5, 5.41) is 0. The summed E-state index contributed by atoms with van der Waals surface area (Å²) in [6, 6.07) is -0.662. The molecule has 0 aromatic heterocycles. The number of carbonyl (C=O) groups is 1. The largest absolute Gasteiger partial charge is 0.297 e. The molecule has 17 heavy (non-hydrogen) atoms. The average molecular weight is 247 g/mol. The second kappa shape index (κ2) is 4.01. The van der Waals surface area contributed by atoms with Gasteiger partial charge in [-0.25, -0.2) is 8.78 Å². The van der Waals surface area contributed by atoms with Crippen LogP contribution in [0, 0.1) is 5.41 Å². The molecule has 1 fully saturated rings. The van der Waals surface area contributed by atoms with Crippen molar-refractivity contribution >= 4 is 5.78 Å². The molecule has 0 N–H and O–H groups in total. The molecular weight excluding hydrogens is 224 g/mol. The number of hydrogen-bond acceptors (Lipinski definition) is 2. The van der Waals surface area contributed by atoms with Gasteiger partial charge in [-0.05, 0) is 20.8 Å². The predicted octanol–water partition coefficient (Wildman–Crippen LogP) is 3.11. The van der Waals surface area contributed by atoms with Gasteiger partial charge in [-0.1, -0.05) is 20.8 Å². The highest BCUT2D eigenvalue weighted by molar-refractivity contribution is 5.89. The number of carbonyl (C=O) groups excluding carboxylic acids is 1. The maximum Gasteiger partial charge on any atom is 0.262 e. The summed E-state index contributed by atoms with van der Waals surface area (Å²) in [5.41, 5.74) is -0.986. The molecule has 0 bridgehead atoms. The number of likely N-dealkylation sites (tertiary alicyclic amines) is 1. The molecule has 0 radical (unpaired) electrons. The molecule has 0 spiro atoms. The summed E-state index contributed by atoms with van der Waals surface area (Å²) in [6.07, 6.45) is -0.347. The summed E-state index contributed by atoms with van der Waals surface area (Å²) in [7, 11) is 0. The molecule has 100 valence electrons. The Morgan fingerprint density at radius 1 is 1.18 bits per heavy atom. The lowest BCUT2D eigenvalue weighted by molar-refractivity contribution is -0.132. The molecule has 0 amide bonds. The minimum absolute atomic E-state index is 0.0930. The molecular formula is C13H23F2NO. The van der Waals surface area contributed by atoms with Crippen LogP contribution in [0.3, 0.4) is 0 Å². The lowest BCUT2D eigenvalue weighted by atomic mass is 9.84. The van der Waals surface area contributed by atoms with Crippen LogP contribution in [-0.4, -0.2) is 34.7 Å². The summed E-state index contributed by atoms with van der Waals surface area (Å²) in [6.45, 7) is 10.7. The molecule has 0 aromatic carbocycles. The van der Waals surface area contributed by atoms with Gasteiger partial charge >= 0.3 is 0 Å². The fraction of sp³-hybridized carbons (Fsp3) is 0.923. The van der Waals surface area contributed by atoms with Crippen molar-refractivity contribution in [1.82, 2.24) is 4.90 Å². The topological polar surface area (TPSA) is 20.3 Å². The minimum atomic E-state index is -2.75. The first-order valence-corrected chi connectivity index (χ1v) is 6.03. The molecule has 1 atom stereocenters. The van der Waals surface area contributed by atoms with E-state index >= 15 is 0 Å². The smallest absolute Gasteiger partial charge is 0.262 e. The second-order valence-electron chi connectivity index (χ2n) is 6.99. The lowest BCUT2D eigenvalue weighted by Gasteiger charge is -2.37. The molecule has 0 unspecified atom stereocenters. The van der Waals surface area contributed by atoms with Crippen LogP contribution in [-0.2, 0) is 4.79 Å². The van der Waals surface area contributed by atoms with E-state index in [9.17, 15) is 13.6 Å². The van der Waals surface area contributed by atoms with Crippen LogP contribution in [0.15, 0.2) is 0 Å². The van der Waals surface area contributed by atoms with Gasteiger partial charge < -0.3 is 0 Å². The predicted molar refractivity (Wildman–Crippen MR) is 64.3 cm³/mol. The van der Waals surface area contributed by atoms with Crippen LogP contribution >= 0.6 is 0 Å². The number of hydrogen-bond donors (Lipinski definition) is 0.